The molecular weight excluding hydrogens is 366 g/mol. The first kappa shape index (κ1) is 21.2. The number of amides is 1. The van der Waals surface area contributed by atoms with E-state index in [4.69, 9.17) is 13.9 Å². The van der Waals surface area contributed by atoms with E-state index in [-0.39, 0.29) is 11.6 Å². The molecule has 1 amide bonds. The minimum absolute atomic E-state index is 0.0919. The summed E-state index contributed by atoms with van der Waals surface area (Å²) in [6.07, 6.45) is 3.84. The Balaban J connectivity index is 1.75. The van der Waals surface area contributed by atoms with E-state index in [1.54, 1.807) is 18.3 Å². The molecule has 0 aliphatic heterocycles. The van der Waals surface area contributed by atoms with Crippen molar-refractivity contribution in [2.24, 2.45) is 0 Å². The van der Waals surface area contributed by atoms with Crippen molar-refractivity contribution in [1.82, 2.24) is 15.3 Å². The molecule has 0 fully saturated rings. The highest BCUT2D eigenvalue weighted by Gasteiger charge is 2.16. The summed E-state index contributed by atoms with van der Waals surface area (Å²) in [7, 11) is 1.28. The second kappa shape index (κ2) is 9.72. The molecule has 0 aromatic carbocycles. The summed E-state index contributed by atoms with van der Waals surface area (Å²) < 4.78 is 20.7. The third kappa shape index (κ3) is 6.90. The molecule has 9 heteroatoms. The van der Waals surface area contributed by atoms with Crippen LogP contribution in [0.15, 0.2) is 29.0 Å². The first-order valence-corrected chi connectivity index (χ1v) is 8.88. The highest BCUT2D eigenvalue weighted by molar-refractivity contribution is 5.87. The molecule has 0 radical (unpaired) electrons. The number of nitrogens with one attached hydrogen (secondary N) is 1. The van der Waals surface area contributed by atoms with E-state index in [1.165, 1.54) is 13.4 Å². The average Bonchev–Trinajstić information content (AvgIpc) is 3.13. The number of carbonyl (C=O) groups is 2. The van der Waals surface area contributed by atoms with Gasteiger partial charge in [-0.25, -0.2) is 19.6 Å². The monoisotopic (exact) mass is 391 g/mol. The summed E-state index contributed by atoms with van der Waals surface area (Å²) >= 11 is 0. The molecule has 0 atom stereocenters. The van der Waals surface area contributed by atoms with Gasteiger partial charge in [-0.2, -0.15) is 0 Å². The molecule has 0 saturated heterocycles. The average molecular weight is 391 g/mol. The molecule has 0 saturated carbocycles. The number of rotatable bonds is 8. The standard InChI is InChI=1S/C19H25N3O6/c1-19(2,3)28-18(24)21-8-5-6-10-26-15-11-13(7-9-20-15)16-22-14(12-27-16)17(23)25-4/h7,9,11-12H,5-6,8,10H2,1-4H3,(H,21,24). The molecule has 0 bridgehead atoms. The van der Waals surface area contributed by atoms with Gasteiger partial charge in [-0.15, -0.1) is 0 Å². The predicted octanol–water partition coefficient (Wildman–Crippen LogP) is 3.21. The number of carbonyl (C=O) groups excluding carboxylic acids is 2. The highest BCUT2D eigenvalue weighted by atomic mass is 16.6. The lowest BCUT2D eigenvalue weighted by atomic mass is 10.2. The molecule has 0 aliphatic rings. The Bertz CT molecular complexity index is 797. The van der Waals surface area contributed by atoms with Gasteiger partial charge in [0.2, 0.25) is 11.8 Å². The Morgan fingerprint density at radius 2 is 2.04 bits per heavy atom. The smallest absolute Gasteiger partial charge is 0.407 e. The third-order valence-electron chi connectivity index (χ3n) is 3.37. The van der Waals surface area contributed by atoms with Gasteiger partial charge in [0.05, 0.1) is 13.7 Å². The molecule has 152 valence electrons. The van der Waals surface area contributed by atoms with Crippen molar-refractivity contribution >= 4 is 12.1 Å². The van der Waals surface area contributed by atoms with Gasteiger partial charge in [-0.05, 0) is 39.7 Å². The van der Waals surface area contributed by atoms with Crippen molar-refractivity contribution in [1.29, 1.82) is 0 Å². The fourth-order valence-corrected chi connectivity index (χ4v) is 2.13. The maximum Gasteiger partial charge on any atom is 0.407 e. The van der Waals surface area contributed by atoms with Crippen LogP contribution in [0.25, 0.3) is 11.5 Å². The van der Waals surface area contributed by atoms with E-state index in [9.17, 15) is 9.59 Å². The van der Waals surface area contributed by atoms with Crippen LogP contribution in [-0.4, -0.2) is 47.9 Å². The van der Waals surface area contributed by atoms with Gasteiger partial charge < -0.3 is 23.9 Å². The largest absolute Gasteiger partial charge is 0.478 e. The van der Waals surface area contributed by atoms with E-state index in [2.05, 4.69) is 20.0 Å². The number of ether oxygens (including phenoxy) is 3. The van der Waals surface area contributed by atoms with Crippen molar-refractivity contribution in [3.05, 3.63) is 30.3 Å². The van der Waals surface area contributed by atoms with E-state index in [0.29, 0.717) is 24.6 Å². The fraction of sp³-hybridized carbons (Fsp3) is 0.474. The summed E-state index contributed by atoms with van der Waals surface area (Å²) in [6, 6.07) is 3.37. The van der Waals surface area contributed by atoms with E-state index in [1.807, 2.05) is 20.8 Å². The number of hydrogen-bond donors (Lipinski definition) is 1. The Morgan fingerprint density at radius 3 is 2.75 bits per heavy atom. The number of unbranched alkanes of at least 4 members (excludes halogenated alkanes) is 1. The van der Waals surface area contributed by atoms with Gasteiger partial charge in [0.15, 0.2) is 5.69 Å². The van der Waals surface area contributed by atoms with Crippen molar-refractivity contribution in [3.8, 4) is 17.3 Å². The van der Waals surface area contributed by atoms with Crippen LogP contribution in [0.2, 0.25) is 0 Å². The van der Waals surface area contributed by atoms with Crippen LogP contribution in [-0.2, 0) is 9.47 Å². The lowest BCUT2D eigenvalue weighted by Crippen LogP contribution is -2.33. The SMILES string of the molecule is COC(=O)c1coc(-c2ccnc(OCCCCNC(=O)OC(C)(C)C)c2)n1. The lowest BCUT2D eigenvalue weighted by molar-refractivity contribution is 0.0525. The predicted molar refractivity (Wildman–Crippen MR) is 100 cm³/mol. The summed E-state index contributed by atoms with van der Waals surface area (Å²) in [4.78, 5) is 31.2. The van der Waals surface area contributed by atoms with E-state index >= 15 is 0 Å². The van der Waals surface area contributed by atoms with Crippen LogP contribution >= 0.6 is 0 Å². The number of aromatic nitrogens is 2. The Kier molecular flexibility index (Phi) is 7.36. The summed E-state index contributed by atoms with van der Waals surface area (Å²) in [6.45, 7) is 6.38. The van der Waals surface area contributed by atoms with Crippen LogP contribution in [0.4, 0.5) is 4.79 Å². The van der Waals surface area contributed by atoms with Gasteiger partial charge in [0.25, 0.3) is 0 Å². The second-order valence-electron chi connectivity index (χ2n) is 6.90. The molecule has 2 aromatic heterocycles. The first-order chi connectivity index (χ1) is 13.3. The van der Waals surface area contributed by atoms with Crippen LogP contribution in [0, 0.1) is 0 Å². The zero-order valence-electron chi connectivity index (χ0n) is 16.5. The molecule has 0 unspecified atom stereocenters. The molecular formula is C19H25N3O6. The van der Waals surface area contributed by atoms with Gasteiger partial charge in [0.1, 0.15) is 11.9 Å². The quantitative estimate of drug-likeness (QED) is 0.539. The zero-order valence-corrected chi connectivity index (χ0v) is 16.5. The minimum Gasteiger partial charge on any atom is -0.478 e. The van der Waals surface area contributed by atoms with Crippen LogP contribution < -0.4 is 10.1 Å². The van der Waals surface area contributed by atoms with Gasteiger partial charge in [-0.1, -0.05) is 0 Å². The number of oxazole rings is 1. The molecule has 2 rings (SSSR count). The van der Waals surface area contributed by atoms with Crippen molar-refractivity contribution in [2.75, 3.05) is 20.3 Å². The Hall–Kier alpha value is -3.10. The molecule has 0 spiro atoms. The van der Waals surface area contributed by atoms with Gasteiger partial charge in [-0.3, -0.25) is 0 Å². The van der Waals surface area contributed by atoms with Crippen molar-refractivity contribution < 1.29 is 28.2 Å². The molecule has 0 aliphatic carbocycles. The van der Waals surface area contributed by atoms with Crippen LogP contribution in [0.1, 0.15) is 44.1 Å². The third-order valence-corrected chi connectivity index (χ3v) is 3.37. The normalized spacial score (nSPS) is 11.0. The summed E-state index contributed by atoms with van der Waals surface area (Å²) in [5.41, 5.74) is 0.214. The Labute approximate surface area is 163 Å². The molecule has 28 heavy (non-hydrogen) atoms. The fourth-order valence-electron chi connectivity index (χ4n) is 2.13. The van der Waals surface area contributed by atoms with Crippen molar-refractivity contribution in [2.45, 2.75) is 39.2 Å². The van der Waals surface area contributed by atoms with Gasteiger partial charge >= 0.3 is 12.1 Å². The van der Waals surface area contributed by atoms with Gasteiger partial charge in [0, 0.05) is 24.4 Å². The van der Waals surface area contributed by atoms with E-state index in [0.717, 1.165) is 12.8 Å². The molecule has 2 heterocycles. The number of alkyl carbamates (subject to hydrolysis) is 1. The summed E-state index contributed by atoms with van der Waals surface area (Å²) in [5, 5.41) is 2.69. The first-order valence-electron chi connectivity index (χ1n) is 8.88. The topological polar surface area (TPSA) is 113 Å². The number of pyridine rings is 1. The number of esters is 1. The summed E-state index contributed by atoms with van der Waals surface area (Å²) in [5.74, 6) is 0.116. The molecule has 9 nitrogen and oxygen atoms in total. The van der Waals surface area contributed by atoms with Crippen LogP contribution in [0.3, 0.4) is 0 Å². The van der Waals surface area contributed by atoms with Crippen LogP contribution in [0.5, 0.6) is 5.88 Å². The lowest BCUT2D eigenvalue weighted by Gasteiger charge is -2.19. The number of hydrogen-bond acceptors (Lipinski definition) is 8. The maximum absolute atomic E-state index is 11.5. The number of methoxy groups -OCH3 is 1. The number of nitrogens with zero attached hydrogens (tertiary/aromatic N) is 2. The minimum atomic E-state index is -0.569. The second-order valence-corrected chi connectivity index (χ2v) is 6.90. The molecule has 2 aromatic rings. The Morgan fingerprint density at radius 1 is 1.25 bits per heavy atom. The highest BCUT2D eigenvalue weighted by Crippen LogP contribution is 2.22. The zero-order chi connectivity index (χ0) is 20.6. The molecule has 1 N–H and O–H groups in total. The van der Waals surface area contributed by atoms with Crippen molar-refractivity contribution in [3.63, 3.8) is 0 Å². The maximum atomic E-state index is 11.5. The van der Waals surface area contributed by atoms with E-state index < -0.39 is 17.7 Å².